The van der Waals surface area contributed by atoms with Gasteiger partial charge in [0.1, 0.15) is 5.83 Å². The predicted octanol–water partition coefficient (Wildman–Crippen LogP) is 2.91. The largest absolute Gasteiger partial charge is 0.361 e. The number of piperidine rings is 1. The summed E-state index contributed by atoms with van der Waals surface area (Å²) in [6, 6.07) is 0. The van der Waals surface area contributed by atoms with Crippen molar-refractivity contribution in [1.82, 2.24) is 15.6 Å². The molecule has 2 heterocycles. The van der Waals surface area contributed by atoms with Gasteiger partial charge in [0.15, 0.2) is 0 Å². The molecule has 1 aliphatic heterocycles. The van der Waals surface area contributed by atoms with E-state index in [4.69, 9.17) is 0 Å². The van der Waals surface area contributed by atoms with Gasteiger partial charge in [-0.3, -0.25) is 0 Å². The number of hydrogen-bond donors (Lipinski definition) is 3. The first-order valence-corrected chi connectivity index (χ1v) is 7.27. The number of H-pyrrole nitrogens is 1. The van der Waals surface area contributed by atoms with E-state index in [-0.39, 0.29) is 0 Å². The third-order valence-electron chi connectivity index (χ3n) is 3.93. The SMILES string of the molecule is C=C(F)/C=C\c1[nH]cc(CNCC2CCNCC2)c1C. The third kappa shape index (κ3) is 4.32. The van der Waals surface area contributed by atoms with Gasteiger partial charge in [-0.05, 0) is 68.6 Å². The Labute approximate surface area is 120 Å². The lowest BCUT2D eigenvalue weighted by Crippen LogP contribution is -2.33. The average Bonchev–Trinajstić information content (AvgIpc) is 2.79. The number of hydrogen-bond acceptors (Lipinski definition) is 2. The summed E-state index contributed by atoms with van der Waals surface area (Å²) in [6.45, 7) is 9.48. The first kappa shape index (κ1) is 15.0. The number of halogens is 1. The van der Waals surface area contributed by atoms with Crippen LogP contribution in [-0.2, 0) is 6.54 Å². The highest BCUT2D eigenvalue weighted by molar-refractivity contribution is 5.54. The van der Waals surface area contributed by atoms with Crippen LogP contribution in [0.25, 0.3) is 6.08 Å². The quantitative estimate of drug-likeness (QED) is 0.700. The summed E-state index contributed by atoms with van der Waals surface area (Å²) in [5.41, 5.74) is 3.35. The molecular formula is C16H24FN3. The van der Waals surface area contributed by atoms with Gasteiger partial charge in [0.05, 0.1) is 0 Å². The fourth-order valence-corrected chi connectivity index (χ4v) is 2.58. The molecule has 0 aromatic carbocycles. The van der Waals surface area contributed by atoms with Gasteiger partial charge in [-0.2, -0.15) is 0 Å². The van der Waals surface area contributed by atoms with Crippen LogP contribution in [0.3, 0.4) is 0 Å². The first-order chi connectivity index (χ1) is 9.66. The molecule has 1 fully saturated rings. The molecule has 1 aliphatic rings. The predicted molar refractivity (Wildman–Crippen MR) is 82.1 cm³/mol. The van der Waals surface area contributed by atoms with Crippen LogP contribution in [0.5, 0.6) is 0 Å². The molecule has 0 bridgehead atoms. The Morgan fingerprint density at radius 3 is 2.95 bits per heavy atom. The van der Waals surface area contributed by atoms with Gasteiger partial charge in [0.2, 0.25) is 0 Å². The van der Waals surface area contributed by atoms with E-state index in [2.05, 4.69) is 29.1 Å². The Kier molecular flexibility index (Phi) is 5.56. The molecule has 0 saturated carbocycles. The van der Waals surface area contributed by atoms with Crippen molar-refractivity contribution in [3.05, 3.63) is 41.5 Å². The molecule has 3 nitrogen and oxygen atoms in total. The minimum Gasteiger partial charge on any atom is -0.361 e. The van der Waals surface area contributed by atoms with Gasteiger partial charge in [0.25, 0.3) is 0 Å². The van der Waals surface area contributed by atoms with Crippen molar-refractivity contribution in [2.24, 2.45) is 5.92 Å². The summed E-state index contributed by atoms with van der Waals surface area (Å²) in [5.74, 6) is 0.356. The molecule has 2 rings (SSSR count). The third-order valence-corrected chi connectivity index (χ3v) is 3.93. The van der Waals surface area contributed by atoms with Crippen LogP contribution in [0.4, 0.5) is 4.39 Å². The van der Waals surface area contributed by atoms with Crippen molar-refractivity contribution < 1.29 is 4.39 Å². The maximum atomic E-state index is 12.6. The van der Waals surface area contributed by atoms with E-state index in [1.807, 2.05) is 6.20 Å². The molecule has 0 radical (unpaired) electrons. The molecule has 0 amide bonds. The van der Waals surface area contributed by atoms with Gasteiger partial charge in [-0.1, -0.05) is 6.58 Å². The highest BCUT2D eigenvalue weighted by Gasteiger charge is 2.12. The lowest BCUT2D eigenvalue weighted by Gasteiger charge is -2.22. The van der Waals surface area contributed by atoms with E-state index in [0.29, 0.717) is 0 Å². The zero-order chi connectivity index (χ0) is 14.4. The number of nitrogens with one attached hydrogen (secondary N) is 3. The first-order valence-electron chi connectivity index (χ1n) is 7.27. The molecule has 4 heteroatoms. The second-order valence-electron chi connectivity index (χ2n) is 5.46. The minimum absolute atomic E-state index is 0.426. The van der Waals surface area contributed by atoms with Crippen molar-refractivity contribution in [3.8, 4) is 0 Å². The second kappa shape index (κ2) is 7.41. The molecule has 1 aromatic heterocycles. The fraction of sp³-hybridized carbons (Fsp3) is 0.500. The topological polar surface area (TPSA) is 39.9 Å². The summed E-state index contributed by atoms with van der Waals surface area (Å²) < 4.78 is 12.6. The maximum absolute atomic E-state index is 12.6. The smallest absolute Gasteiger partial charge is 0.116 e. The van der Waals surface area contributed by atoms with Crippen molar-refractivity contribution >= 4 is 6.08 Å². The lowest BCUT2D eigenvalue weighted by atomic mass is 9.98. The number of aromatic nitrogens is 1. The number of rotatable bonds is 6. The molecule has 0 unspecified atom stereocenters. The molecule has 0 atom stereocenters. The molecule has 0 aliphatic carbocycles. The Morgan fingerprint density at radius 1 is 1.50 bits per heavy atom. The molecule has 1 aromatic rings. The number of aromatic amines is 1. The van der Waals surface area contributed by atoms with E-state index < -0.39 is 5.83 Å². The molecule has 3 N–H and O–H groups in total. The van der Waals surface area contributed by atoms with Crippen LogP contribution >= 0.6 is 0 Å². The summed E-state index contributed by atoms with van der Waals surface area (Å²) in [6.07, 6.45) is 7.61. The summed E-state index contributed by atoms with van der Waals surface area (Å²) in [4.78, 5) is 3.17. The van der Waals surface area contributed by atoms with Crippen LogP contribution in [0, 0.1) is 12.8 Å². The lowest BCUT2D eigenvalue weighted by molar-refractivity contribution is 0.356. The summed E-state index contributed by atoms with van der Waals surface area (Å²) >= 11 is 0. The molecule has 110 valence electrons. The normalized spacial score (nSPS) is 16.9. The molecule has 0 spiro atoms. The maximum Gasteiger partial charge on any atom is 0.116 e. The summed E-state index contributed by atoms with van der Waals surface area (Å²) in [5, 5.41) is 6.91. The van der Waals surface area contributed by atoms with Gasteiger partial charge in [-0.15, -0.1) is 0 Å². The Morgan fingerprint density at radius 2 is 2.25 bits per heavy atom. The van der Waals surface area contributed by atoms with Gasteiger partial charge in [-0.25, -0.2) is 4.39 Å². The van der Waals surface area contributed by atoms with E-state index in [1.54, 1.807) is 6.08 Å². The zero-order valence-corrected chi connectivity index (χ0v) is 12.1. The fourth-order valence-electron chi connectivity index (χ4n) is 2.58. The van der Waals surface area contributed by atoms with E-state index in [1.165, 1.54) is 30.0 Å². The highest BCUT2D eigenvalue weighted by atomic mass is 19.1. The molecule has 20 heavy (non-hydrogen) atoms. The van der Waals surface area contributed by atoms with Crippen LogP contribution in [-0.4, -0.2) is 24.6 Å². The monoisotopic (exact) mass is 277 g/mol. The van der Waals surface area contributed by atoms with Crippen molar-refractivity contribution in [1.29, 1.82) is 0 Å². The van der Waals surface area contributed by atoms with E-state index >= 15 is 0 Å². The highest BCUT2D eigenvalue weighted by Crippen LogP contribution is 2.16. The van der Waals surface area contributed by atoms with Crippen LogP contribution in [0.15, 0.2) is 24.7 Å². The summed E-state index contributed by atoms with van der Waals surface area (Å²) in [7, 11) is 0. The van der Waals surface area contributed by atoms with Crippen molar-refractivity contribution in [3.63, 3.8) is 0 Å². The number of allylic oxidation sites excluding steroid dienone is 2. The van der Waals surface area contributed by atoms with Crippen LogP contribution in [0.1, 0.15) is 29.7 Å². The van der Waals surface area contributed by atoms with Gasteiger partial charge >= 0.3 is 0 Å². The van der Waals surface area contributed by atoms with Crippen molar-refractivity contribution in [2.45, 2.75) is 26.3 Å². The van der Waals surface area contributed by atoms with Gasteiger partial charge < -0.3 is 15.6 Å². The molecular weight excluding hydrogens is 253 g/mol. The molecule has 1 saturated heterocycles. The second-order valence-corrected chi connectivity index (χ2v) is 5.46. The Balaban J connectivity index is 1.82. The average molecular weight is 277 g/mol. The standard InChI is InChI=1S/C16H24FN3/c1-12(17)3-4-16-13(2)15(11-20-16)10-19-9-14-5-7-18-8-6-14/h3-4,11,14,18-20H,1,5-10H2,2H3/b4-3-. The van der Waals surface area contributed by atoms with E-state index in [0.717, 1.165) is 37.8 Å². The zero-order valence-electron chi connectivity index (χ0n) is 12.1. The van der Waals surface area contributed by atoms with Crippen molar-refractivity contribution in [2.75, 3.05) is 19.6 Å². The van der Waals surface area contributed by atoms with Gasteiger partial charge in [0, 0.05) is 18.4 Å². The Bertz CT molecular complexity index is 470. The van der Waals surface area contributed by atoms with Crippen LogP contribution in [0.2, 0.25) is 0 Å². The van der Waals surface area contributed by atoms with E-state index in [9.17, 15) is 4.39 Å². The van der Waals surface area contributed by atoms with Crippen LogP contribution < -0.4 is 10.6 Å². The minimum atomic E-state index is -0.426. The Hall–Kier alpha value is -1.39.